The van der Waals surface area contributed by atoms with Crippen LogP contribution in [0.25, 0.3) is 10.4 Å². The molecule has 3 aliphatic rings. The smallest absolute Gasteiger partial charge is 0.306 e. The molecule has 0 radical (unpaired) electrons. The molecule has 0 bridgehead atoms. The fourth-order valence-electron chi connectivity index (χ4n) is 6.73. The predicted octanol–water partition coefficient (Wildman–Crippen LogP) is 7.16. The van der Waals surface area contributed by atoms with E-state index in [0.29, 0.717) is 55.5 Å². The van der Waals surface area contributed by atoms with Gasteiger partial charge in [0, 0.05) is 41.9 Å². The zero-order valence-electron chi connectivity index (χ0n) is 24.6. The number of nitriles is 1. The zero-order chi connectivity index (χ0) is 29.9. The van der Waals surface area contributed by atoms with E-state index in [-0.39, 0.29) is 23.7 Å². The first-order valence-electron chi connectivity index (χ1n) is 15.5. The van der Waals surface area contributed by atoms with E-state index in [1.165, 1.54) is 17.8 Å². The quantitative estimate of drug-likeness (QED) is 0.278. The number of aliphatic carboxylic acids is 1. The summed E-state index contributed by atoms with van der Waals surface area (Å²) >= 11 is 1.75. The number of benzene rings is 1. The molecular weight excluding hydrogens is 560 g/mol. The Labute approximate surface area is 256 Å². The lowest BCUT2D eigenvalue weighted by Crippen LogP contribution is -2.41. The molecule has 3 fully saturated rings. The average molecular weight is 599 g/mol. The summed E-state index contributed by atoms with van der Waals surface area (Å²) in [6.07, 6.45) is 10.6. The topological polar surface area (TPSA) is 116 Å². The number of carbonyl (C=O) groups is 2. The third-order valence-corrected chi connectivity index (χ3v) is 10.7. The number of pyridine rings is 1. The molecule has 1 amide bonds. The summed E-state index contributed by atoms with van der Waals surface area (Å²) in [5.74, 6) is 0.575. The second kappa shape index (κ2) is 12.8. The van der Waals surface area contributed by atoms with E-state index in [2.05, 4.69) is 28.2 Å². The van der Waals surface area contributed by atoms with Gasteiger partial charge in [-0.15, -0.1) is 11.3 Å². The summed E-state index contributed by atoms with van der Waals surface area (Å²) < 4.78 is 5.27. The monoisotopic (exact) mass is 598 g/mol. The van der Waals surface area contributed by atoms with E-state index in [9.17, 15) is 20.0 Å². The zero-order valence-corrected chi connectivity index (χ0v) is 25.4. The molecule has 3 aromatic rings. The van der Waals surface area contributed by atoms with Crippen molar-refractivity contribution in [1.29, 1.82) is 5.26 Å². The van der Waals surface area contributed by atoms with Gasteiger partial charge in [0.15, 0.2) is 11.4 Å². The average Bonchev–Trinajstić information content (AvgIpc) is 3.79. The van der Waals surface area contributed by atoms with Gasteiger partial charge in [-0.25, -0.2) is 9.97 Å². The highest BCUT2D eigenvalue weighted by atomic mass is 32.1. The van der Waals surface area contributed by atoms with Crippen LogP contribution < -0.4 is 9.64 Å². The molecule has 43 heavy (non-hydrogen) atoms. The van der Waals surface area contributed by atoms with Gasteiger partial charge < -0.3 is 14.7 Å². The van der Waals surface area contributed by atoms with Gasteiger partial charge in [-0.1, -0.05) is 12.1 Å². The summed E-state index contributed by atoms with van der Waals surface area (Å²) in [7, 11) is 1.55. The standard InChI is InChI=1S/C34H38N4O4S/c1-42-30-16-15-28(37-29(30)18-35)22-7-5-21(6-8-22)20-38(33(39)24-11-13-25(14-12-24)34(40)41)27-4-2-3-26(17-27)31-19-36-32(43-31)23-9-10-23/h2-4,15-17,19,21-25H,5-14,20H2,1H3,(H,40,41). The number of carboxylic acid groups (broad SMARTS) is 1. The van der Waals surface area contributed by atoms with Gasteiger partial charge in [-0.05, 0) is 100.0 Å². The highest BCUT2D eigenvalue weighted by Gasteiger charge is 2.35. The Hall–Kier alpha value is -3.77. The van der Waals surface area contributed by atoms with Gasteiger partial charge in [0.2, 0.25) is 5.91 Å². The number of hydrogen-bond donors (Lipinski definition) is 1. The van der Waals surface area contributed by atoms with Gasteiger partial charge in [-0.2, -0.15) is 5.26 Å². The first kappa shape index (κ1) is 29.3. The SMILES string of the molecule is COc1ccc(C2CCC(CN(C(=O)C3CCC(C(=O)O)CC3)c3cccc(-c4cnc(C5CC5)s4)c3)CC2)nc1C#N. The second-order valence-electron chi connectivity index (χ2n) is 12.3. The third kappa shape index (κ3) is 6.59. The molecule has 224 valence electrons. The van der Waals surface area contributed by atoms with Crippen LogP contribution in [0.5, 0.6) is 5.75 Å². The second-order valence-corrected chi connectivity index (χ2v) is 13.4. The minimum Gasteiger partial charge on any atom is -0.494 e. The maximum atomic E-state index is 14.1. The van der Waals surface area contributed by atoms with Gasteiger partial charge in [-0.3, -0.25) is 9.59 Å². The number of rotatable bonds is 9. The molecule has 3 saturated carbocycles. The highest BCUT2D eigenvalue weighted by Crippen LogP contribution is 2.44. The number of amides is 1. The van der Waals surface area contributed by atoms with Gasteiger partial charge >= 0.3 is 5.97 Å². The summed E-state index contributed by atoms with van der Waals surface area (Å²) in [5.41, 5.74) is 3.24. The largest absolute Gasteiger partial charge is 0.494 e. The Kier molecular flexibility index (Phi) is 8.75. The molecule has 0 atom stereocenters. The van der Waals surface area contributed by atoms with Crippen molar-refractivity contribution >= 4 is 28.9 Å². The Bertz CT molecular complexity index is 1510. The molecule has 0 aliphatic heterocycles. The van der Waals surface area contributed by atoms with Crippen LogP contribution in [0, 0.1) is 29.1 Å². The third-order valence-electron chi connectivity index (χ3n) is 9.50. The van der Waals surface area contributed by atoms with Crippen LogP contribution >= 0.6 is 11.3 Å². The fraction of sp³-hybridized carbons (Fsp3) is 0.500. The van der Waals surface area contributed by atoms with E-state index < -0.39 is 5.97 Å². The number of nitrogens with zero attached hydrogens (tertiary/aromatic N) is 4. The Morgan fingerprint density at radius 2 is 1.72 bits per heavy atom. The molecule has 6 rings (SSSR count). The molecule has 0 saturated heterocycles. The minimum absolute atomic E-state index is 0.113. The number of methoxy groups -OCH3 is 1. The van der Waals surface area contributed by atoms with Crippen LogP contribution in [0.4, 0.5) is 5.69 Å². The van der Waals surface area contributed by atoms with E-state index in [1.807, 2.05) is 35.4 Å². The maximum Gasteiger partial charge on any atom is 0.306 e. The molecule has 0 spiro atoms. The van der Waals surface area contributed by atoms with Crippen molar-refractivity contribution in [2.24, 2.45) is 17.8 Å². The van der Waals surface area contributed by atoms with Crippen molar-refractivity contribution in [3.05, 3.63) is 59.0 Å². The Morgan fingerprint density at radius 3 is 2.40 bits per heavy atom. The number of hydrogen-bond acceptors (Lipinski definition) is 7. The van der Waals surface area contributed by atoms with Crippen molar-refractivity contribution in [3.63, 3.8) is 0 Å². The molecule has 1 aromatic carbocycles. The van der Waals surface area contributed by atoms with E-state index in [1.54, 1.807) is 18.4 Å². The van der Waals surface area contributed by atoms with Crippen LogP contribution in [0.1, 0.15) is 92.4 Å². The van der Waals surface area contributed by atoms with Crippen molar-refractivity contribution in [2.75, 3.05) is 18.6 Å². The van der Waals surface area contributed by atoms with Crippen molar-refractivity contribution in [3.8, 4) is 22.3 Å². The molecule has 3 aliphatic carbocycles. The molecular formula is C34H38N4O4S. The summed E-state index contributed by atoms with van der Waals surface area (Å²) in [6.45, 7) is 0.642. The Balaban J connectivity index is 1.19. The lowest BCUT2D eigenvalue weighted by Gasteiger charge is -2.36. The fourth-order valence-corrected chi connectivity index (χ4v) is 7.81. The molecule has 2 aromatic heterocycles. The number of ether oxygens (including phenoxy) is 1. The molecule has 8 nitrogen and oxygen atoms in total. The van der Waals surface area contributed by atoms with Crippen molar-refractivity contribution in [2.45, 2.75) is 76.0 Å². The van der Waals surface area contributed by atoms with E-state index in [4.69, 9.17) is 4.74 Å². The first-order chi connectivity index (χ1) is 20.9. The van der Waals surface area contributed by atoms with Crippen LogP contribution in [-0.4, -0.2) is 40.6 Å². The number of anilines is 1. The minimum atomic E-state index is -0.754. The van der Waals surface area contributed by atoms with Crippen molar-refractivity contribution in [1.82, 2.24) is 9.97 Å². The van der Waals surface area contributed by atoms with Crippen LogP contribution in [-0.2, 0) is 9.59 Å². The highest BCUT2D eigenvalue weighted by molar-refractivity contribution is 7.15. The summed E-state index contributed by atoms with van der Waals surface area (Å²) in [6, 6.07) is 14.2. The van der Waals surface area contributed by atoms with Gasteiger partial charge in [0.05, 0.1) is 22.9 Å². The number of aromatic nitrogens is 2. The Morgan fingerprint density at radius 1 is 1.00 bits per heavy atom. The van der Waals surface area contributed by atoms with Crippen LogP contribution in [0.3, 0.4) is 0 Å². The normalized spacial score (nSPS) is 23.7. The van der Waals surface area contributed by atoms with E-state index in [0.717, 1.165) is 47.5 Å². The lowest BCUT2D eigenvalue weighted by atomic mass is 9.79. The van der Waals surface area contributed by atoms with Gasteiger partial charge in [0.25, 0.3) is 0 Å². The molecule has 9 heteroatoms. The van der Waals surface area contributed by atoms with Crippen LogP contribution in [0.15, 0.2) is 42.6 Å². The molecule has 0 unspecified atom stereocenters. The van der Waals surface area contributed by atoms with Gasteiger partial charge in [0.1, 0.15) is 6.07 Å². The van der Waals surface area contributed by atoms with Crippen LogP contribution in [0.2, 0.25) is 0 Å². The van der Waals surface area contributed by atoms with Crippen molar-refractivity contribution < 1.29 is 19.4 Å². The van der Waals surface area contributed by atoms with E-state index >= 15 is 0 Å². The maximum absolute atomic E-state index is 14.1. The molecule has 1 N–H and O–H groups in total. The number of carboxylic acids is 1. The number of carbonyl (C=O) groups excluding carboxylic acids is 1. The first-order valence-corrected chi connectivity index (χ1v) is 16.3. The molecule has 2 heterocycles. The lowest BCUT2D eigenvalue weighted by molar-refractivity contribution is -0.144. The predicted molar refractivity (Wildman–Crippen MR) is 165 cm³/mol. The number of thiazole rings is 1. The summed E-state index contributed by atoms with van der Waals surface area (Å²) in [4.78, 5) is 38.0. The summed E-state index contributed by atoms with van der Waals surface area (Å²) in [5, 5.41) is 20.2.